The van der Waals surface area contributed by atoms with E-state index in [1.807, 2.05) is 13.0 Å². The van der Waals surface area contributed by atoms with Gasteiger partial charge in [-0.1, -0.05) is 28.9 Å². The van der Waals surface area contributed by atoms with Crippen LogP contribution in [0, 0.1) is 17.0 Å². The molecule has 0 spiro atoms. The molecule has 0 heterocycles. The summed E-state index contributed by atoms with van der Waals surface area (Å²) < 4.78 is 0. The summed E-state index contributed by atoms with van der Waals surface area (Å²) in [5.74, 6) is 0. The standard InChI is InChI=1S/C11H14BrNO2/c1-3-10(12)7-9-4-5-11(13(14)15)6-8(9)2/h4-6,10H,3,7H2,1-2H3. The molecule has 1 unspecified atom stereocenters. The number of non-ortho nitro benzene ring substituents is 1. The van der Waals surface area contributed by atoms with Crippen molar-refractivity contribution in [1.29, 1.82) is 0 Å². The van der Waals surface area contributed by atoms with Gasteiger partial charge in [0.1, 0.15) is 0 Å². The van der Waals surface area contributed by atoms with Crippen molar-refractivity contribution in [3.05, 3.63) is 39.4 Å². The molecule has 0 aromatic heterocycles. The normalized spacial score (nSPS) is 12.5. The number of nitrogens with zero attached hydrogens (tertiary/aromatic N) is 1. The molecule has 0 aliphatic rings. The number of halogens is 1. The van der Waals surface area contributed by atoms with E-state index in [9.17, 15) is 10.1 Å². The van der Waals surface area contributed by atoms with Gasteiger partial charge in [0, 0.05) is 17.0 Å². The van der Waals surface area contributed by atoms with E-state index in [0.29, 0.717) is 4.83 Å². The van der Waals surface area contributed by atoms with E-state index in [0.717, 1.165) is 18.4 Å². The molecule has 82 valence electrons. The van der Waals surface area contributed by atoms with Gasteiger partial charge in [-0.25, -0.2) is 0 Å². The Labute approximate surface area is 97.8 Å². The van der Waals surface area contributed by atoms with Crippen LogP contribution in [-0.4, -0.2) is 9.75 Å². The summed E-state index contributed by atoms with van der Waals surface area (Å²) in [6.45, 7) is 4.03. The number of nitro groups is 1. The third-order valence-corrected chi connectivity index (χ3v) is 3.39. The largest absolute Gasteiger partial charge is 0.269 e. The molecule has 1 rings (SSSR count). The summed E-state index contributed by atoms with van der Waals surface area (Å²) in [5, 5.41) is 10.5. The van der Waals surface area contributed by atoms with Crippen LogP contribution in [-0.2, 0) is 6.42 Å². The summed E-state index contributed by atoms with van der Waals surface area (Å²) in [6, 6.07) is 5.04. The van der Waals surface area contributed by atoms with E-state index < -0.39 is 0 Å². The summed E-state index contributed by atoms with van der Waals surface area (Å²) in [7, 11) is 0. The second-order valence-corrected chi connectivity index (χ2v) is 4.87. The van der Waals surface area contributed by atoms with Crippen molar-refractivity contribution >= 4 is 21.6 Å². The van der Waals surface area contributed by atoms with Crippen LogP contribution in [0.1, 0.15) is 24.5 Å². The van der Waals surface area contributed by atoms with Crippen LogP contribution in [0.4, 0.5) is 5.69 Å². The number of benzene rings is 1. The fraction of sp³-hybridized carbons (Fsp3) is 0.455. The molecule has 1 aromatic rings. The van der Waals surface area contributed by atoms with Gasteiger partial charge in [-0.15, -0.1) is 0 Å². The van der Waals surface area contributed by atoms with Crippen molar-refractivity contribution in [1.82, 2.24) is 0 Å². The molecule has 15 heavy (non-hydrogen) atoms. The highest BCUT2D eigenvalue weighted by Crippen LogP contribution is 2.20. The maximum Gasteiger partial charge on any atom is 0.269 e. The molecule has 0 saturated heterocycles. The predicted octanol–water partition coefficient (Wildman–Crippen LogP) is 3.62. The second kappa shape index (κ2) is 5.26. The van der Waals surface area contributed by atoms with Crippen molar-refractivity contribution in [2.24, 2.45) is 0 Å². The van der Waals surface area contributed by atoms with Gasteiger partial charge in [0.25, 0.3) is 5.69 Å². The number of hydrogen-bond acceptors (Lipinski definition) is 2. The quantitative estimate of drug-likeness (QED) is 0.477. The average molecular weight is 272 g/mol. The Balaban J connectivity index is 2.88. The molecular weight excluding hydrogens is 258 g/mol. The van der Waals surface area contributed by atoms with Crippen molar-refractivity contribution in [3.63, 3.8) is 0 Å². The highest BCUT2D eigenvalue weighted by Gasteiger charge is 2.10. The maximum atomic E-state index is 10.5. The second-order valence-electron chi connectivity index (χ2n) is 3.58. The highest BCUT2D eigenvalue weighted by molar-refractivity contribution is 9.09. The Kier molecular flexibility index (Phi) is 4.27. The molecule has 0 amide bonds. The summed E-state index contributed by atoms with van der Waals surface area (Å²) in [6.07, 6.45) is 1.97. The first-order chi connectivity index (χ1) is 7.04. The minimum absolute atomic E-state index is 0.166. The van der Waals surface area contributed by atoms with Gasteiger partial charge < -0.3 is 0 Å². The molecule has 0 bridgehead atoms. The lowest BCUT2D eigenvalue weighted by molar-refractivity contribution is -0.384. The first kappa shape index (κ1) is 12.2. The third kappa shape index (κ3) is 3.30. The molecule has 3 nitrogen and oxygen atoms in total. The van der Waals surface area contributed by atoms with Gasteiger partial charge in [0.15, 0.2) is 0 Å². The lowest BCUT2D eigenvalue weighted by Gasteiger charge is -2.09. The van der Waals surface area contributed by atoms with Crippen LogP contribution in [0.25, 0.3) is 0 Å². The van der Waals surface area contributed by atoms with Crippen LogP contribution < -0.4 is 0 Å². The van der Waals surface area contributed by atoms with Gasteiger partial charge in [0.05, 0.1) is 4.92 Å². The fourth-order valence-electron chi connectivity index (χ4n) is 1.41. The van der Waals surface area contributed by atoms with Crippen LogP contribution >= 0.6 is 15.9 Å². The molecule has 1 atom stereocenters. The Bertz CT molecular complexity index is 366. The number of aryl methyl sites for hydroxylation is 1. The summed E-state index contributed by atoms with van der Waals surface area (Å²) in [4.78, 5) is 10.6. The van der Waals surface area contributed by atoms with Crippen LogP contribution in [0.3, 0.4) is 0 Å². The zero-order valence-electron chi connectivity index (χ0n) is 8.87. The Morgan fingerprint density at radius 1 is 1.53 bits per heavy atom. The molecule has 0 N–H and O–H groups in total. The number of rotatable bonds is 4. The van der Waals surface area contributed by atoms with Crippen LogP contribution in [0.5, 0.6) is 0 Å². The van der Waals surface area contributed by atoms with Crippen LogP contribution in [0.15, 0.2) is 18.2 Å². The molecule has 0 aliphatic heterocycles. The molecule has 1 aromatic carbocycles. The lowest BCUT2D eigenvalue weighted by Crippen LogP contribution is -2.02. The van der Waals surface area contributed by atoms with Crippen molar-refractivity contribution < 1.29 is 4.92 Å². The topological polar surface area (TPSA) is 43.1 Å². The Morgan fingerprint density at radius 3 is 2.67 bits per heavy atom. The zero-order valence-corrected chi connectivity index (χ0v) is 10.5. The van der Waals surface area contributed by atoms with E-state index in [1.165, 1.54) is 5.56 Å². The van der Waals surface area contributed by atoms with Gasteiger partial charge in [0.2, 0.25) is 0 Å². The van der Waals surface area contributed by atoms with E-state index in [1.54, 1.807) is 12.1 Å². The minimum Gasteiger partial charge on any atom is -0.258 e. The lowest BCUT2D eigenvalue weighted by atomic mass is 10.0. The molecular formula is C11H14BrNO2. The van der Waals surface area contributed by atoms with Crippen molar-refractivity contribution in [3.8, 4) is 0 Å². The summed E-state index contributed by atoms with van der Waals surface area (Å²) >= 11 is 3.56. The van der Waals surface area contributed by atoms with Crippen LogP contribution in [0.2, 0.25) is 0 Å². The Morgan fingerprint density at radius 2 is 2.20 bits per heavy atom. The number of alkyl halides is 1. The molecule has 4 heteroatoms. The first-order valence-electron chi connectivity index (χ1n) is 4.92. The molecule has 0 radical (unpaired) electrons. The highest BCUT2D eigenvalue weighted by atomic mass is 79.9. The van der Waals surface area contributed by atoms with E-state index in [-0.39, 0.29) is 10.6 Å². The summed E-state index contributed by atoms with van der Waals surface area (Å²) in [5.41, 5.74) is 2.32. The first-order valence-corrected chi connectivity index (χ1v) is 5.84. The smallest absolute Gasteiger partial charge is 0.258 e. The molecule has 0 aliphatic carbocycles. The van der Waals surface area contributed by atoms with E-state index in [2.05, 4.69) is 22.9 Å². The van der Waals surface area contributed by atoms with Crippen molar-refractivity contribution in [2.75, 3.05) is 0 Å². The average Bonchev–Trinajstić information content (AvgIpc) is 2.20. The zero-order chi connectivity index (χ0) is 11.4. The fourth-order valence-corrected chi connectivity index (χ4v) is 1.75. The van der Waals surface area contributed by atoms with Gasteiger partial charge in [-0.3, -0.25) is 10.1 Å². The SMILES string of the molecule is CCC(Br)Cc1ccc([N+](=O)[O-])cc1C. The van der Waals surface area contributed by atoms with Gasteiger partial charge in [-0.05, 0) is 30.9 Å². The maximum absolute atomic E-state index is 10.5. The number of nitro benzene ring substituents is 1. The monoisotopic (exact) mass is 271 g/mol. The molecule has 0 saturated carbocycles. The van der Waals surface area contributed by atoms with E-state index >= 15 is 0 Å². The third-order valence-electron chi connectivity index (χ3n) is 2.42. The minimum atomic E-state index is -0.359. The van der Waals surface area contributed by atoms with E-state index in [4.69, 9.17) is 0 Å². The molecule has 0 fully saturated rings. The predicted molar refractivity (Wildman–Crippen MR) is 64.5 cm³/mol. The number of hydrogen-bond donors (Lipinski definition) is 0. The van der Waals surface area contributed by atoms with Gasteiger partial charge >= 0.3 is 0 Å². The van der Waals surface area contributed by atoms with Gasteiger partial charge in [-0.2, -0.15) is 0 Å². The Hall–Kier alpha value is -0.900. The van der Waals surface area contributed by atoms with Crippen molar-refractivity contribution in [2.45, 2.75) is 31.5 Å².